The van der Waals surface area contributed by atoms with E-state index < -0.39 is 6.29 Å². The molecule has 0 bridgehead atoms. The molecule has 0 saturated heterocycles. The summed E-state index contributed by atoms with van der Waals surface area (Å²) in [6, 6.07) is -0.276. The van der Waals surface area contributed by atoms with Gasteiger partial charge in [-0.15, -0.1) is 0 Å². The van der Waals surface area contributed by atoms with E-state index in [1.165, 1.54) is 0 Å². The summed E-state index contributed by atoms with van der Waals surface area (Å²) in [6.07, 6.45) is 0.119. The molecule has 1 aromatic rings. The van der Waals surface area contributed by atoms with E-state index in [1.807, 2.05) is 14.0 Å². The van der Waals surface area contributed by atoms with Gasteiger partial charge < -0.3 is 15.2 Å². The van der Waals surface area contributed by atoms with Crippen molar-refractivity contribution in [3.63, 3.8) is 0 Å². The molecule has 0 spiro atoms. The first kappa shape index (κ1) is 13.4. The zero-order valence-corrected chi connectivity index (χ0v) is 10.8. The van der Waals surface area contributed by atoms with Crippen LogP contribution in [0.1, 0.15) is 11.4 Å². The number of hydrogen-bond acceptors (Lipinski definition) is 4. The molecule has 0 aliphatic rings. The standard InChI is InChI=1S/C10H18ClN3O2/c1-6-9(11)8(14(2)13-6)5-7(12)10(15-3)16-4/h7,10H,5,12H2,1-4H3. The molecule has 1 atom stereocenters. The normalized spacial score (nSPS) is 13.4. The Labute approximate surface area is 100 Å². The summed E-state index contributed by atoms with van der Waals surface area (Å²) in [7, 11) is 4.96. The van der Waals surface area contributed by atoms with Gasteiger partial charge in [-0.1, -0.05) is 11.6 Å². The fraction of sp³-hybridized carbons (Fsp3) is 0.700. The van der Waals surface area contributed by atoms with Crippen LogP contribution in [0.15, 0.2) is 0 Å². The Hall–Kier alpha value is -0.620. The average Bonchev–Trinajstić information content (AvgIpc) is 2.47. The molecule has 92 valence electrons. The second kappa shape index (κ2) is 5.63. The van der Waals surface area contributed by atoms with Crippen molar-refractivity contribution in [2.24, 2.45) is 12.8 Å². The highest BCUT2D eigenvalue weighted by molar-refractivity contribution is 6.31. The van der Waals surface area contributed by atoms with E-state index in [0.29, 0.717) is 11.4 Å². The molecular formula is C10H18ClN3O2. The Morgan fingerprint density at radius 1 is 1.44 bits per heavy atom. The number of aromatic nitrogens is 2. The van der Waals surface area contributed by atoms with E-state index in [1.54, 1.807) is 18.9 Å². The first-order chi connectivity index (χ1) is 7.51. The van der Waals surface area contributed by atoms with E-state index in [0.717, 1.165) is 11.4 Å². The molecule has 2 N–H and O–H groups in total. The highest BCUT2D eigenvalue weighted by Crippen LogP contribution is 2.21. The third-order valence-electron chi connectivity index (χ3n) is 2.50. The van der Waals surface area contributed by atoms with Gasteiger partial charge in [0.2, 0.25) is 0 Å². The number of nitrogens with zero attached hydrogens (tertiary/aromatic N) is 2. The predicted octanol–water partition coefficient (Wildman–Crippen LogP) is 0.871. The van der Waals surface area contributed by atoms with Crippen LogP contribution < -0.4 is 5.73 Å². The fourth-order valence-electron chi connectivity index (χ4n) is 1.67. The van der Waals surface area contributed by atoms with Gasteiger partial charge in [0.05, 0.1) is 22.5 Å². The average molecular weight is 248 g/mol. The van der Waals surface area contributed by atoms with Gasteiger partial charge in [-0.3, -0.25) is 4.68 Å². The summed E-state index contributed by atoms with van der Waals surface area (Å²) in [5.41, 5.74) is 7.67. The van der Waals surface area contributed by atoms with Crippen molar-refractivity contribution in [1.29, 1.82) is 0 Å². The second-order valence-electron chi connectivity index (χ2n) is 3.68. The van der Waals surface area contributed by atoms with Crippen molar-refractivity contribution in [1.82, 2.24) is 9.78 Å². The van der Waals surface area contributed by atoms with Crippen LogP contribution >= 0.6 is 11.6 Å². The molecule has 5 nitrogen and oxygen atoms in total. The predicted molar refractivity (Wildman–Crippen MR) is 62.4 cm³/mol. The molecule has 0 radical (unpaired) electrons. The highest BCUT2D eigenvalue weighted by atomic mass is 35.5. The van der Waals surface area contributed by atoms with Crippen molar-refractivity contribution in [3.8, 4) is 0 Å². The molecule has 0 aliphatic heterocycles. The minimum absolute atomic E-state index is 0.276. The number of methoxy groups -OCH3 is 2. The molecule has 0 saturated carbocycles. The molecule has 1 unspecified atom stereocenters. The molecule has 0 aliphatic carbocycles. The van der Waals surface area contributed by atoms with Crippen LogP contribution in [0.2, 0.25) is 5.02 Å². The van der Waals surface area contributed by atoms with E-state index >= 15 is 0 Å². The van der Waals surface area contributed by atoms with Crippen molar-refractivity contribution in [2.45, 2.75) is 25.7 Å². The number of aryl methyl sites for hydroxylation is 2. The first-order valence-electron chi connectivity index (χ1n) is 5.00. The molecule has 0 aromatic carbocycles. The quantitative estimate of drug-likeness (QED) is 0.785. The Bertz CT molecular complexity index is 350. The van der Waals surface area contributed by atoms with Gasteiger partial charge in [-0.2, -0.15) is 5.10 Å². The number of rotatable bonds is 5. The Morgan fingerprint density at radius 2 is 2.00 bits per heavy atom. The van der Waals surface area contributed by atoms with Crippen molar-refractivity contribution >= 4 is 11.6 Å². The lowest BCUT2D eigenvalue weighted by atomic mass is 10.1. The third-order valence-corrected chi connectivity index (χ3v) is 3.00. The summed E-state index contributed by atoms with van der Waals surface area (Å²) in [5, 5.41) is 4.88. The maximum Gasteiger partial charge on any atom is 0.172 e. The zero-order valence-electron chi connectivity index (χ0n) is 10.0. The SMILES string of the molecule is COC(OC)C(N)Cc1c(Cl)c(C)nn1C. The van der Waals surface area contributed by atoms with E-state index in [2.05, 4.69) is 5.10 Å². The maximum atomic E-state index is 6.13. The monoisotopic (exact) mass is 247 g/mol. The van der Waals surface area contributed by atoms with Crippen molar-refractivity contribution in [2.75, 3.05) is 14.2 Å². The van der Waals surface area contributed by atoms with Crippen LogP contribution in [-0.2, 0) is 22.9 Å². The highest BCUT2D eigenvalue weighted by Gasteiger charge is 2.21. The van der Waals surface area contributed by atoms with Crippen LogP contribution in [0.3, 0.4) is 0 Å². The molecule has 16 heavy (non-hydrogen) atoms. The van der Waals surface area contributed by atoms with Crippen LogP contribution in [0.25, 0.3) is 0 Å². The molecule has 0 amide bonds. The summed E-state index contributed by atoms with van der Waals surface area (Å²) in [5.74, 6) is 0. The Kier molecular flexibility index (Phi) is 4.73. The largest absolute Gasteiger partial charge is 0.354 e. The van der Waals surface area contributed by atoms with E-state index in [9.17, 15) is 0 Å². The first-order valence-corrected chi connectivity index (χ1v) is 5.38. The van der Waals surface area contributed by atoms with E-state index in [4.69, 9.17) is 26.8 Å². The fourth-order valence-corrected chi connectivity index (χ4v) is 1.90. The van der Waals surface area contributed by atoms with Gasteiger partial charge in [0.1, 0.15) is 0 Å². The van der Waals surface area contributed by atoms with Gasteiger partial charge in [0.15, 0.2) is 6.29 Å². The van der Waals surface area contributed by atoms with Crippen LogP contribution in [0.4, 0.5) is 0 Å². The summed E-state index contributed by atoms with van der Waals surface area (Å²) in [6.45, 7) is 1.86. The van der Waals surface area contributed by atoms with Crippen molar-refractivity contribution < 1.29 is 9.47 Å². The third kappa shape index (κ3) is 2.74. The molecule has 0 fully saturated rings. The number of nitrogens with two attached hydrogens (primary N) is 1. The molecule has 1 rings (SSSR count). The molecular weight excluding hydrogens is 230 g/mol. The van der Waals surface area contributed by atoms with Gasteiger partial charge >= 0.3 is 0 Å². The van der Waals surface area contributed by atoms with Crippen LogP contribution in [-0.4, -0.2) is 36.3 Å². The van der Waals surface area contributed by atoms with Crippen molar-refractivity contribution in [3.05, 3.63) is 16.4 Å². The summed E-state index contributed by atoms with van der Waals surface area (Å²) >= 11 is 6.13. The van der Waals surface area contributed by atoms with Crippen LogP contribution in [0, 0.1) is 6.92 Å². The Morgan fingerprint density at radius 3 is 2.38 bits per heavy atom. The lowest BCUT2D eigenvalue weighted by Crippen LogP contribution is -2.39. The number of hydrogen-bond donors (Lipinski definition) is 1. The number of halogens is 1. The number of ether oxygens (including phenoxy) is 2. The van der Waals surface area contributed by atoms with Crippen LogP contribution in [0.5, 0.6) is 0 Å². The minimum atomic E-state index is -0.439. The molecule has 1 aromatic heterocycles. The minimum Gasteiger partial charge on any atom is -0.354 e. The van der Waals surface area contributed by atoms with Gasteiger partial charge in [0, 0.05) is 27.7 Å². The summed E-state index contributed by atoms with van der Waals surface area (Å²) < 4.78 is 11.9. The van der Waals surface area contributed by atoms with Gasteiger partial charge in [-0.05, 0) is 6.92 Å². The zero-order chi connectivity index (χ0) is 12.3. The maximum absolute atomic E-state index is 6.13. The van der Waals surface area contributed by atoms with Gasteiger partial charge in [-0.25, -0.2) is 0 Å². The molecule has 6 heteroatoms. The van der Waals surface area contributed by atoms with E-state index in [-0.39, 0.29) is 6.04 Å². The summed E-state index contributed by atoms with van der Waals surface area (Å²) in [4.78, 5) is 0. The lowest BCUT2D eigenvalue weighted by Gasteiger charge is -2.20. The second-order valence-corrected chi connectivity index (χ2v) is 4.06. The lowest BCUT2D eigenvalue weighted by molar-refractivity contribution is -0.116. The van der Waals surface area contributed by atoms with Gasteiger partial charge in [0.25, 0.3) is 0 Å². The molecule has 1 heterocycles. The topological polar surface area (TPSA) is 62.3 Å². The smallest absolute Gasteiger partial charge is 0.172 e. The Balaban J connectivity index is 2.80.